The molecule has 0 fully saturated rings. The minimum atomic E-state index is -0.382. The molecule has 1 aromatic heterocycles. The van der Waals surface area contributed by atoms with Crippen molar-refractivity contribution in [3.63, 3.8) is 0 Å². The molecule has 0 aliphatic heterocycles. The van der Waals surface area contributed by atoms with Crippen LogP contribution in [-0.2, 0) is 6.42 Å². The average Bonchev–Trinajstić information content (AvgIpc) is 2.47. The van der Waals surface area contributed by atoms with Gasteiger partial charge in [0, 0.05) is 24.4 Å². The van der Waals surface area contributed by atoms with E-state index in [0.717, 1.165) is 5.69 Å². The van der Waals surface area contributed by atoms with Crippen LogP contribution in [0.2, 0.25) is 0 Å². The Kier molecular flexibility index (Phi) is 5.10. The van der Waals surface area contributed by atoms with Crippen LogP contribution in [0.1, 0.15) is 11.3 Å². The molecule has 102 valence electrons. The molecule has 0 bridgehead atoms. The van der Waals surface area contributed by atoms with E-state index in [0.29, 0.717) is 24.3 Å². The lowest BCUT2D eigenvalue weighted by atomic mass is 10.2. The van der Waals surface area contributed by atoms with Gasteiger partial charge in [0.2, 0.25) is 0 Å². The topological polar surface area (TPSA) is 42.4 Å². The molecule has 0 saturated heterocycles. The fraction of sp³-hybridized carbons (Fsp3) is 0.188. The molecule has 0 atom stereocenters. The van der Waals surface area contributed by atoms with E-state index in [9.17, 15) is 4.39 Å². The molecule has 2 aromatic rings. The van der Waals surface area contributed by atoms with Gasteiger partial charge in [0.05, 0.1) is 12.2 Å². The van der Waals surface area contributed by atoms with E-state index in [1.807, 2.05) is 18.2 Å². The first-order chi connectivity index (χ1) is 9.79. The number of hydrogen-bond acceptors (Lipinski definition) is 3. The summed E-state index contributed by atoms with van der Waals surface area (Å²) in [6.45, 7) is 0.138. The molecule has 1 heterocycles. The van der Waals surface area contributed by atoms with Gasteiger partial charge in [0.25, 0.3) is 0 Å². The minimum Gasteiger partial charge on any atom is -0.492 e. The Bertz CT molecular complexity index is 617. The Balaban J connectivity index is 2.03. The molecule has 0 spiro atoms. The van der Waals surface area contributed by atoms with Gasteiger partial charge in [-0.25, -0.2) is 4.39 Å². The highest BCUT2D eigenvalue weighted by Crippen LogP contribution is 2.19. The normalized spacial score (nSPS) is 9.70. The zero-order chi connectivity index (χ0) is 14.2. The lowest BCUT2D eigenvalue weighted by molar-refractivity contribution is 0.318. The summed E-state index contributed by atoms with van der Waals surface area (Å²) in [5.41, 5.74) is 1.47. The van der Waals surface area contributed by atoms with Crippen LogP contribution in [0, 0.1) is 17.7 Å². The van der Waals surface area contributed by atoms with Gasteiger partial charge in [0.15, 0.2) is 0 Å². The largest absolute Gasteiger partial charge is 0.492 e. The molecule has 0 aliphatic rings. The summed E-state index contributed by atoms with van der Waals surface area (Å²) >= 11 is 0. The summed E-state index contributed by atoms with van der Waals surface area (Å²) in [7, 11) is 0. The number of pyridine rings is 1. The number of rotatable bonds is 4. The molecule has 3 nitrogen and oxygen atoms in total. The standard InChI is InChI=1S/C16H14FNO2/c17-14-7-6-13(4-3-10-19)16(12-14)20-11-8-15-5-1-2-9-18-15/h1-2,5-7,9,12,19H,8,10-11H2. The van der Waals surface area contributed by atoms with Crippen molar-refractivity contribution < 1.29 is 14.2 Å². The second-order valence-corrected chi connectivity index (χ2v) is 4.02. The highest BCUT2D eigenvalue weighted by molar-refractivity contribution is 5.46. The van der Waals surface area contributed by atoms with E-state index in [1.54, 1.807) is 6.20 Å². The van der Waals surface area contributed by atoms with Crippen LogP contribution in [0.15, 0.2) is 42.6 Å². The molecule has 2 rings (SSSR count). The molecule has 0 aliphatic carbocycles. The number of ether oxygens (including phenoxy) is 1. The second kappa shape index (κ2) is 7.27. The maximum absolute atomic E-state index is 13.2. The third-order valence-electron chi connectivity index (χ3n) is 2.59. The molecule has 20 heavy (non-hydrogen) atoms. The van der Waals surface area contributed by atoms with Crippen molar-refractivity contribution in [2.75, 3.05) is 13.2 Å². The van der Waals surface area contributed by atoms with Crippen LogP contribution in [-0.4, -0.2) is 23.3 Å². The molecular formula is C16H14FNO2. The van der Waals surface area contributed by atoms with Crippen LogP contribution < -0.4 is 4.74 Å². The van der Waals surface area contributed by atoms with Gasteiger partial charge in [-0.2, -0.15) is 0 Å². The smallest absolute Gasteiger partial charge is 0.137 e. The Morgan fingerprint density at radius 1 is 1.25 bits per heavy atom. The predicted molar refractivity (Wildman–Crippen MR) is 73.8 cm³/mol. The summed E-state index contributed by atoms with van der Waals surface area (Å²) in [5.74, 6) is 5.25. The highest BCUT2D eigenvalue weighted by atomic mass is 19.1. The van der Waals surface area contributed by atoms with E-state index in [2.05, 4.69) is 16.8 Å². The zero-order valence-electron chi connectivity index (χ0n) is 10.8. The first kappa shape index (κ1) is 14.0. The summed E-state index contributed by atoms with van der Waals surface area (Å²) in [6.07, 6.45) is 2.35. The zero-order valence-corrected chi connectivity index (χ0v) is 10.8. The number of aliphatic hydroxyl groups excluding tert-OH is 1. The van der Waals surface area contributed by atoms with Crippen molar-refractivity contribution in [2.24, 2.45) is 0 Å². The molecule has 4 heteroatoms. The number of benzene rings is 1. The van der Waals surface area contributed by atoms with Gasteiger partial charge >= 0.3 is 0 Å². The van der Waals surface area contributed by atoms with E-state index in [-0.39, 0.29) is 12.4 Å². The number of halogens is 1. The molecule has 0 radical (unpaired) electrons. The quantitative estimate of drug-likeness (QED) is 0.867. The molecule has 1 aromatic carbocycles. The molecule has 0 unspecified atom stereocenters. The van der Waals surface area contributed by atoms with Gasteiger partial charge in [-0.3, -0.25) is 4.98 Å². The van der Waals surface area contributed by atoms with Crippen LogP contribution in [0.5, 0.6) is 5.75 Å². The Morgan fingerprint density at radius 2 is 2.15 bits per heavy atom. The number of aromatic nitrogens is 1. The summed E-state index contributed by atoms with van der Waals surface area (Å²) in [5, 5.41) is 8.70. The molecule has 1 N–H and O–H groups in total. The molecular weight excluding hydrogens is 257 g/mol. The Hall–Kier alpha value is -2.38. The lowest BCUT2D eigenvalue weighted by Crippen LogP contribution is -2.04. The van der Waals surface area contributed by atoms with Crippen molar-refractivity contribution in [1.82, 2.24) is 4.98 Å². The van der Waals surface area contributed by atoms with E-state index < -0.39 is 0 Å². The minimum absolute atomic E-state index is 0.245. The van der Waals surface area contributed by atoms with Crippen LogP contribution in [0.3, 0.4) is 0 Å². The van der Waals surface area contributed by atoms with E-state index >= 15 is 0 Å². The maximum atomic E-state index is 13.2. The van der Waals surface area contributed by atoms with Crippen LogP contribution in [0.4, 0.5) is 4.39 Å². The maximum Gasteiger partial charge on any atom is 0.137 e. The Labute approximate surface area is 117 Å². The van der Waals surface area contributed by atoms with E-state index in [1.165, 1.54) is 18.2 Å². The molecule has 0 saturated carbocycles. The van der Waals surface area contributed by atoms with Crippen molar-refractivity contribution in [1.29, 1.82) is 0 Å². The number of hydrogen-bond donors (Lipinski definition) is 1. The first-order valence-electron chi connectivity index (χ1n) is 6.21. The predicted octanol–water partition coefficient (Wildman–Crippen LogP) is 2.19. The van der Waals surface area contributed by atoms with Gasteiger partial charge in [-0.15, -0.1) is 0 Å². The summed E-state index contributed by atoms with van der Waals surface area (Å²) in [4.78, 5) is 4.18. The van der Waals surface area contributed by atoms with E-state index in [4.69, 9.17) is 9.84 Å². The van der Waals surface area contributed by atoms with Gasteiger partial charge < -0.3 is 9.84 Å². The van der Waals surface area contributed by atoms with Crippen molar-refractivity contribution in [2.45, 2.75) is 6.42 Å². The van der Waals surface area contributed by atoms with Gasteiger partial charge in [-0.05, 0) is 24.3 Å². The lowest BCUT2D eigenvalue weighted by Gasteiger charge is -2.08. The van der Waals surface area contributed by atoms with Gasteiger partial charge in [0.1, 0.15) is 18.2 Å². The third-order valence-corrected chi connectivity index (χ3v) is 2.59. The van der Waals surface area contributed by atoms with Crippen molar-refractivity contribution in [3.05, 3.63) is 59.7 Å². The van der Waals surface area contributed by atoms with Gasteiger partial charge in [-0.1, -0.05) is 17.9 Å². The monoisotopic (exact) mass is 271 g/mol. The first-order valence-corrected chi connectivity index (χ1v) is 6.21. The fourth-order valence-corrected chi connectivity index (χ4v) is 1.67. The number of nitrogens with zero attached hydrogens (tertiary/aromatic N) is 1. The fourth-order valence-electron chi connectivity index (χ4n) is 1.67. The van der Waals surface area contributed by atoms with Crippen LogP contribution in [0.25, 0.3) is 0 Å². The average molecular weight is 271 g/mol. The Morgan fingerprint density at radius 3 is 2.90 bits per heavy atom. The number of aliphatic hydroxyl groups is 1. The third kappa shape index (κ3) is 4.08. The summed E-state index contributed by atoms with van der Waals surface area (Å²) < 4.78 is 18.8. The summed E-state index contributed by atoms with van der Waals surface area (Å²) in [6, 6.07) is 9.80. The van der Waals surface area contributed by atoms with Crippen molar-refractivity contribution in [3.8, 4) is 17.6 Å². The van der Waals surface area contributed by atoms with Crippen molar-refractivity contribution >= 4 is 0 Å². The molecule has 0 amide bonds. The SMILES string of the molecule is OCC#Cc1ccc(F)cc1OCCc1ccccn1. The second-order valence-electron chi connectivity index (χ2n) is 4.02. The van der Waals surface area contributed by atoms with Crippen LogP contribution >= 0.6 is 0 Å². The highest BCUT2D eigenvalue weighted by Gasteiger charge is 2.04.